The van der Waals surface area contributed by atoms with Crippen LogP contribution in [0.5, 0.6) is 0 Å². The van der Waals surface area contributed by atoms with E-state index in [0.717, 1.165) is 29.8 Å². The van der Waals surface area contributed by atoms with Gasteiger partial charge in [-0.1, -0.05) is 31.5 Å². The molecule has 0 spiro atoms. The van der Waals surface area contributed by atoms with E-state index in [1.165, 1.54) is 11.1 Å². The van der Waals surface area contributed by atoms with Crippen LogP contribution in [0.1, 0.15) is 48.3 Å². The van der Waals surface area contributed by atoms with E-state index in [1.807, 2.05) is 35.2 Å². The van der Waals surface area contributed by atoms with Gasteiger partial charge in [-0.15, -0.1) is 11.8 Å². The molecule has 0 radical (unpaired) electrons. The minimum absolute atomic E-state index is 0.0372. The SMILES string of the molecule is CCCCC(=O)Nc1cccc(C2SCC(=O)N2c2ccc(C)c(C)c2)c1. The Morgan fingerprint density at radius 1 is 1.19 bits per heavy atom. The van der Waals surface area contributed by atoms with Crippen molar-refractivity contribution in [1.29, 1.82) is 0 Å². The number of hydrogen-bond acceptors (Lipinski definition) is 3. The molecule has 1 aliphatic heterocycles. The molecule has 3 rings (SSSR count). The Balaban J connectivity index is 1.84. The summed E-state index contributed by atoms with van der Waals surface area (Å²) < 4.78 is 0. The summed E-state index contributed by atoms with van der Waals surface area (Å²) in [6, 6.07) is 14.0. The van der Waals surface area contributed by atoms with Crippen molar-refractivity contribution in [3.8, 4) is 0 Å². The zero-order valence-electron chi connectivity index (χ0n) is 16.1. The minimum Gasteiger partial charge on any atom is -0.326 e. The Morgan fingerprint density at radius 2 is 2.00 bits per heavy atom. The van der Waals surface area contributed by atoms with E-state index in [4.69, 9.17) is 0 Å². The van der Waals surface area contributed by atoms with E-state index in [2.05, 4.69) is 38.2 Å². The van der Waals surface area contributed by atoms with Crippen molar-refractivity contribution in [1.82, 2.24) is 0 Å². The molecule has 1 aliphatic rings. The Labute approximate surface area is 165 Å². The average Bonchev–Trinajstić information content (AvgIpc) is 3.04. The molecular weight excluding hydrogens is 356 g/mol. The monoisotopic (exact) mass is 382 g/mol. The van der Waals surface area contributed by atoms with Gasteiger partial charge in [0.2, 0.25) is 11.8 Å². The molecule has 5 heteroatoms. The molecule has 1 heterocycles. The maximum atomic E-state index is 12.6. The summed E-state index contributed by atoms with van der Waals surface area (Å²) in [7, 11) is 0. The fraction of sp³-hybridized carbons (Fsp3) is 0.364. The summed E-state index contributed by atoms with van der Waals surface area (Å²) in [5.41, 5.74) is 5.13. The van der Waals surface area contributed by atoms with Crippen LogP contribution in [0.4, 0.5) is 11.4 Å². The highest BCUT2D eigenvalue weighted by Gasteiger charge is 2.34. The van der Waals surface area contributed by atoms with E-state index in [9.17, 15) is 9.59 Å². The lowest BCUT2D eigenvalue weighted by molar-refractivity contribution is -0.116. The molecular formula is C22H26N2O2S. The van der Waals surface area contributed by atoms with Gasteiger partial charge in [-0.2, -0.15) is 0 Å². The number of amides is 2. The first-order valence-corrected chi connectivity index (χ1v) is 10.4. The van der Waals surface area contributed by atoms with Gasteiger partial charge in [0.05, 0.1) is 5.75 Å². The second-order valence-corrected chi connectivity index (χ2v) is 8.04. The standard InChI is InChI=1S/C22H26N2O2S/c1-4-5-9-20(25)23-18-8-6-7-17(13-18)22-24(21(26)14-27-22)19-11-10-15(2)16(3)12-19/h6-8,10-13,22H,4-5,9,14H2,1-3H3,(H,23,25). The second-order valence-electron chi connectivity index (χ2n) is 6.97. The van der Waals surface area contributed by atoms with Gasteiger partial charge in [-0.25, -0.2) is 0 Å². The molecule has 0 aliphatic carbocycles. The second kappa shape index (κ2) is 8.61. The van der Waals surface area contributed by atoms with Gasteiger partial charge in [-0.05, 0) is 61.2 Å². The Kier molecular flexibility index (Phi) is 6.22. The largest absolute Gasteiger partial charge is 0.326 e. The fourth-order valence-corrected chi connectivity index (χ4v) is 4.32. The normalized spacial score (nSPS) is 16.6. The minimum atomic E-state index is -0.0768. The number of carbonyl (C=O) groups excluding carboxylic acids is 2. The van der Waals surface area contributed by atoms with Crippen LogP contribution in [0.25, 0.3) is 0 Å². The number of carbonyl (C=O) groups is 2. The Hall–Kier alpha value is -2.27. The number of nitrogens with zero attached hydrogens (tertiary/aromatic N) is 1. The van der Waals surface area contributed by atoms with Crippen LogP contribution < -0.4 is 10.2 Å². The summed E-state index contributed by atoms with van der Waals surface area (Å²) in [6.45, 7) is 6.21. The molecule has 2 aromatic rings. The van der Waals surface area contributed by atoms with E-state index in [-0.39, 0.29) is 17.2 Å². The highest BCUT2D eigenvalue weighted by molar-refractivity contribution is 8.00. The highest BCUT2D eigenvalue weighted by atomic mass is 32.2. The summed E-state index contributed by atoms with van der Waals surface area (Å²) in [5.74, 6) is 0.616. The third-order valence-electron chi connectivity index (χ3n) is 4.85. The number of thioether (sulfide) groups is 1. The molecule has 1 atom stereocenters. The lowest BCUT2D eigenvalue weighted by Gasteiger charge is -2.25. The molecule has 0 bridgehead atoms. The van der Waals surface area contributed by atoms with Gasteiger partial charge in [0.25, 0.3) is 0 Å². The first kappa shape index (κ1) is 19.5. The molecule has 1 N–H and O–H groups in total. The van der Waals surface area contributed by atoms with Crippen molar-refractivity contribution >= 4 is 35.0 Å². The van der Waals surface area contributed by atoms with Crippen molar-refractivity contribution in [3.63, 3.8) is 0 Å². The third-order valence-corrected chi connectivity index (χ3v) is 6.06. The van der Waals surface area contributed by atoms with Crippen molar-refractivity contribution in [3.05, 3.63) is 59.2 Å². The number of rotatable bonds is 6. The van der Waals surface area contributed by atoms with Crippen molar-refractivity contribution in [2.75, 3.05) is 16.0 Å². The van der Waals surface area contributed by atoms with Gasteiger partial charge in [0.15, 0.2) is 0 Å². The molecule has 142 valence electrons. The zero-order valence-corrected chi connectivity index (χ0v) is 16.9. The van der Waals surface area contributed by atoms with E-state index in [0.29, 0.717) is 12.2 Å². The van der Waals surface area contributed by atoms with Crippen LogP contribution in [0.2, 0.25) is 0 Å². The quantitative estimate of drug-likeness (QED) is 0.746. The molecule has 4 nitrogen and oxygen atoms in total. The van der Waals surface area contributed by atoms with Crippen LogP contribution in [0.15, 0.2) is 42.5 Å². The van der Waals surface area contributed by atoms with Crippen LogP contribution in [-0.2, 0) is 9.59 Å². The number of aryl methyl sites for hydroxylation is 2. The summed E-state index contributed by atoms with van der Waals surface area (Å²) in [5, 5.41) is 2.89. The predicted molar refractivity (Wildman–Crippen MR) is 113 cm³/mol. The van der Waals surface area contributed by atoms with Gasteiger partial charge in [0, 0.05) is 17.8 Å². The van der Waals surface area contributed by atoms with Crippen molar-refractivity contribution in [2.24, 2.45) is 0 Å². The van der Waals surface area contributed by atoms with E-state index in [1.54, 1.807) is 11.8 Å². The lowest BCUT2D eigenvalue weighted by atomic mass is 10.1. The van der Waals surface area contributed by atoms with Gasteiger partial charge < -0.3 is 5.32 Å². The number of nitrogens with one attached hydrogen (secondary N) is 1. The maximum Gasteiger partial charge on any atom is 0.238 e. The molecule has 0 saturated carbocycles. The van der Waals surface area contributed by atoms with E-state index < -0.39 is 0 Å². The van der Waals surface area contributed by atoms with Crippen LogP contribution in [0.3, 0.4) is 0 Å². The van der Waals surface area contributed by atoms with E-state index >= 15 is 0 Å². The van der Waals surface area contributed by atoms with Crippen LogP contribution in [-0.4, -0.2) is 17.6 Å². The molecule has 2 aromatic carbocycles. The lowest BCUT2D eigenvalue weighted by Crippen LogP contribution is -2.28. The van der Waals surface area contributed by atoms with Gasteiger partial charge in [0.1, 0.15) is 5.37 Å². The maximum absolute atomic E-state index is 12.6. The summed E-state index contributed by atoms with van der Waals surface area (Å²) in [4.78, 5) is 26.5. The smallest absolute Gasteiger partial charge is 0.238 e. The van der Waals surface area contributed by atoms with Crippen LogP contribution in [0, 0.1) is 13.8 Å². The van der Waals surface area contributed by atoms with Crippen molar-refractivity contribution < 1.29 is 9.59 Å². The summed E-state index contributed by atoms with van der Waals surface area (Å²) in [6.07, 6.45) is 2.42. The molecule has 0 aromatic heterocycles. The first-order valence-electron chi connectivity index (χ1n) is 9.40. The topological polar surface area (TPSA) is 49.4 Å². The molecule has 1 fully saturated rings. The number of benzene rings is 2. The molecule has 1 saturated heterocycles. The van der Waals surface area contributed by atoms with Crippen molar-refractivity contribution in [2.45, 2.75) is 45.4 Å². The number of anilines is 2. The third kappa shape index (κ3) is 4.53. The highest BCUT2D eigenvalue weighted by Crippen LogP contribution is 2.42. The number of hydrogen-bond donors (Lipinski definition) is 1. The Morgan fingerprint density at radius 3 is 2.74 bits per heavy atom. The summed E-state index contributed by atoms with van der Waals surface area (Å²) >= 11 is 1.62. The van der Waals surface area contributed by atoms with Gasteiger partial charge in [-0.3, -0.25) is 14.5 Å². The Bertz CT molecular complexity index is 850. The zero-order chi connectivity index (χ0) is 19.4. The molecule has 1 unspecified atom stereocenters. The molecule has 2 amide bonds. The fourth-order valence-electron chi connectivity index (χ4n) is 3.16. The number of unbranched alkanes of at least 4 members (excludes halogenated alkanes) is 1. The first-order chi connectivity index (χ1) is 13.0. The average molecular weight is 383 g/mol. The molecule has 27 heavy (non-hydrogen) atoms. The van der Waals surface area contributed by atoms with Crippen LogP contribution >= 0.6 is 11.8 Å². The van der Waals surface area contributed by atoms with Gasteiger partial charge >= 0.3 is 0 Å². The predicted octanol–water partition coefficient (Wildman–Crippen LogP) is 5.21.